The molecule has 1 aromatic heterocycles. The number of benzene rings is 1. The highest BCUT2D eigenvalue weighted by Gasteiger charge is 2.41. The summed E-state index contributed by atoms with van der Waals surface area (Å²) in [5.74, 6) is -3.26. The van der Waals surface area contributed by atoms with Crippen LogP contribution < -0.4 is 5.32 Å². The molecule has 1 aromatic carbocycles. The summed E-state index contributed by atoms with van der Waals surface area (Å²) in [4.78, 5) is 17.3. The first kappa shape index (κ1) is 19.5. The van der Waals surface area contributed by atoms with E-state index in [9.17, 15) is 13.6 Å². The van der Waals surface area contributed by atoms with Gasteiger partial charge in [0.25, 0.3) is 0 Å². The summed E-state index contributed by atoms with van der Waals surface area (Å²) >= 11 is 0. The lowest BCUT2D eigenvalue weighted by atomic mass is 9.81. The molecule has 1 fully saturated rings. The molecule has 1 saturated carbocycles. The van der Waals surface area contributed by atoms with Crippen LogP contribution in [0.15, 0.2) is 36.5 Å². The number of alkyl halides is 2. The predicted molar refractivity (Wildman–Crippen MR) is 102 cm³/mol. The van der Waals surface area contributed by atoms with Crippen LogP contribution in [0.4, 0.5) is 14.5 Å². The zero-order chi connectivity index (χ0) is 19.7. The lowest BCUT2D eigenvalue weighted by Crippen LogP contribution is -2.44. The van der Waals surface area contributed by atoms with Crippen LogP contribution in [0.25, 0.3) is 10.9 Å². The molecule has 0 radical (unpaired) electrons. The molecule has 4 nitrogen and oxygen atoms in total. The minimum Gasteiger partial charge on any atom is -0.458 e. The quantitative estimate of drug-likeness (QED) is 0.747. The predicted octanol–water partition coefficient (Wildman–Crippen LogP) is 5.18. The number of hydrogen-bond donors (Lipinski definition) is 1. The number of aromatic nitrogens is 1. The van der Waals surface area contributed by atoms with E-state index in [-0.39, 0.29) is 31.6 Å². The van der Waals surface area contributed by atoms with Crippen LogP contribution in [0.3, 0.4) is 0 Å². The van der Waals surface area contributed by atoms with Gasteiger partial charge in [-0.3, -0.25) is 4.98 Å². The van der Waals surface area contributed by atoms with Crippen LogP contribution in [-0.2, 0) is 9.53 Å². The van der Waals surface area contributed by atoms with Gasteiger partial charge in [-0.1, -0.05) is 18.2 Å². The van der Waals surface area contributed by atoms with Crippen LogP contribution in [0.1, 0.15) is 46.5 Å². The van der Waals surface area contributed by atoms with Crippen LogP contribution >= 0.6 is 0 Å². The smallest absolute Gasteiger partial charge is 0.329 e. The Morgan fingerprint density at radius 1 is 1.22 bits per heavy atom. The van der Waals surface area contributed by atoms with Crippen molar-refractivity contribution in [3.05, 3.63) is 36.5 Å². The fourth-order valence-electron chi connectivity index (χ4n) is 3.52. The van der Waals surface area contributed by atoms with E-state index in [1.54, 1.807) is 27.0 Å². The number of pyridine rings is 1. The van der Waals surface area contributed by atoms with Gasteiger partial charge < -0.3 is 10.1 Å². The van der Waals surface area contributed by atoms with E-state index in [2.05, 4.69) is 10.3 Å². The van der Waals surface area contributed by atoms with Gasteiger partial charge in [-0.25, -0.2) is 13.6 Å². The number of carbonyl (C=O) groups excluding carboxylic acids is 1. The molecule has 6 heteroatoms. The van der Waals surface area contributed by atoms with E-state index in [4.69, 9.17) is 4.74 Å². The van der Waals surface area contributed by atoms with Gasteiger partial charge >= 0.3 is 5.97 Å². The van der Waals surface area contributed by atoms with Crippen LogP contribution in [-0.4, -0.2) is 28.5 Å². The highest BCUT2D eigenvalue weighted by atomic mass is 19.3. The van der Waals surface area contributed by atoms with Crippen molar-refractivity contribution in [1.29, 1.82) is 0 Å². The highest BCUT2D eigenvalue weighted by molar-refractivity contribution is 5.92. The van der Waals surface area contributed by atoms with Gasteiger partial charge in [0.05, 0.1) is 11.2 Å². The average molecular weight is 376 g/mol. The number of halogens is 2. The molecule has 0 aliphatic heterocycles. The van der Waals surface area contributed by atoms with Gasteiger partial charge in [-0.2, -0.15) is 0 Å². The molecule has 27 heavy (non-hydrogen) atoms. The number of fused-ring (bicyclic) bond motifs is 1. The number of carbonyl (C=O) groups is 1. The van der Waals surface area contributed by atoms with E-state index in [1.165, 1.54) is 0 Å². The van der Waals surface area contributed by atoms with Gasteiger partial charge in [-0.15, -0.1) is 0 Å². The molecule has 1 aliphatic rings. The largest absolute Gasteiger partial charge is 0.458 e. The molecular weight excluding hydrogens is 350 g/mol. The molecule has 0 unspecified atom stereocenters. The Kier molecular flexibility index (Phi) is 5.36. The van der Waals surface area contributed by atoms with Gasteiger partial charge in [0, 0.05) is 24.4 Å². The third-order valence-corrected chi connectivity index (χ3v) is 4.84. The molecule has 3 rings (SSSR count). The second-order valence-electron chi connectivity index (χ2n) is 8.23. The summed E-state index contributed by atoms with van der Waals surface area (Å²) in [6.07, 6.45) is 1.85. The summed E-state index contributed by atoms with van der Waals surface area (Å²) in [6, 6.07) is 8.78. The fraction of sp³-hybridized carbons (Fsp3) is 0.524. The van der Waals surface area contributed by atoms with E-state index >= 15 is 0 Å². The zero-order valence-electron chi connectivity index (χ0n) is 16.0. The summed E-state index contributed by atoms with van der Waals surface area (Å²) in [7, 11) is 0. The SMILES string of the molecule is CC(C)(C)OC(=O)[C@H](Nc1cccc2cccnc12)C1CCC(F)(F)CC1. The van der Waals surface area contributed by atoms with Crippen molar-refractivity contribution in [2.75, 3.05) is 5.32 Å². The number of anilines is 1. The molecule has 1 aliphatic carbocycles. The summed E-state index contributed by atoms with van der Waals surface area (Å²) in [5.41, 5.74) is 0.808. The molecular formula is C21H26F2N2O2. The summed E-state index contributed by atoms with van der Waals surface area (Å²) < 4.78 is 32.8. The molecule has 0 amide bonds. The first-order chi connectivity index (χ1) is 12.6. The first-order valence-electron chi connectivity index (χ1n) is 9.36. The molecule has 2 aromatic rings. The lowest BCUT2D eigenvalue weighted by molar-refractivity contribution is -0.158. The summed E-state index contributed by atoms with van der Waals surface area (Å²) in [5, 5.41) is 4.20. The van der Waals surface area contributed by atoms with Crippen LogP contribution in [0.2, 0.25) is 0 Å². The van der Waals surface area contributed by atoms with Crippen LogP contribution in [0.5, 0.6) is 0 Å². The number of hydrogen-bond acceptors (Lipinski definition) is 4. The lowest BCUT2D eigenvalue weighted by Gasteiger charge is -2.35. The Labute approximate surface area is 158 Å². The van der Waals surface area contributed by atoms with E-state index in [0.717, 1.165) is 10.9 Å². The van der Waals surface area contributed by atoms with Crippen LogP contribution in [0, 0.1) is 5.92 Å². The Bertz CT molecular complexity index is 802. The molecule has 1 atom stereocenters. The monoisotopic (exact) mass is 376 g/mol. The maximum absolute atomic E-state index is 13.6. The minimum atomic E-state index is -2.64. The second kappa shape index (κ2) is 7.41. The van der Waals surface area contributed by atoms with Crippen molar-refractivity contribution < 1.29 is 18.3 Å². The molecule has 1 heterocycles. The number of ether oxygens (including phenoxy) is 1. The molecule has 146 valence electrons. The highest BCUT2D eigenvalue weighted by Crippen LogP contribution is 2.39. The Morgan fingerprint density at radius 3 is 2.56 bits per heavy atom. The van der Waals surface area contributed by atoms with Crippen molar-refractivity contribution in [3.8, 4) is 0 Å². The zero-order valence-corrected chi connectivity index (χ0v) is 16.0. The van der Waals surface area contributed by atoms with Gasteiger partial charge in [0.2, 0.25) is 5.92 Å². The van der Waals surface area contributed by atoms with Crippen molar-refractivity contribution in [3.63, 3.8) is 0 Å². The number of para-hydroxylation sites is 1. The number of nitrogens with zero attached hydrogens (tertiary/aromatic N) is 1. The third kappa shape index (κ3) is 4.93. The average Bonchev–Trinajstić information content (AvgIpc) is 2.58. The van der Waals surface area contributed by atoms with Crippen molar-refractivity contribution in [1.82, 2.24) is 4.98 Å². The molecule has 1 N–H and O–H groups in total. The maximum Gasteiger partial charge on any atom is 0.329 e. The standard InChI is InChI=1S/C21H26F2N2O2/c1-20(2,3)27-19(26)18(15-9-11-21(22,23)12-10-15)25-16-8-4-6-14-7-5-13-24-17(14)16/h4-8,13,15,18,25H,9-12H2,1-3H3/t18-/m1/s1. The van der Waals surface area contributed by atoms with Crippen molar-refractivity contribution >= 4 is 22.6 Å². The minimum absolute atomic E-state index is 0.202. The van der Waals surface area contributed by atoms with Gasteiger partial charge in [0.1, 0.15) is 11.6 Å². The topological polar surface area (TPSA) is 51.2 Å². The van der Waals surface area contributed by atoms with Crippen molar-refractivity contribution in [2.45, 2.75) is 64.0 Å². The Balaban J connectivity index is 1.88. The van der Waals surface area contributed by atoms with Crippen molar-refractivity contribution in [2.24, 2.45) is 5.92 Å². The Morgan fingerprint density at radius 2 is 1.89 bits per heavy atom. The summed E-state index contributed by atoms with van der Waals surface area (Å²) in [6.45, 7) is 5.41. The number of rotatable bonds is 4. The molecule has 0 saturated heterocycles. The maximum atomic E-state index is 13.6. The first-order valence-corrected chi connectivity index (χ1v) is 9.36. The molecule has 0 bridgehead atoms. The number of nitrogens with one attached hydrogen (secondary N) is 1. The second-order valence-corrected chi connectivity index (χ2v) is 8.23. The normalized spacial score (nSPS) is 18.9. The van der Waals surface area contributed by atoms with E-state index in [1.807, 2.05) is 30.3 Å². The third-order valence-electron chi connectivity index (χ3n) is 4.84. The molecule has 0 spiro atoms. The van der Waals surface area contributed by atoms with E-state index in [0.29, 0.717) is 5.69 Å². The van der Waals surface area contributed by atoms with Gasteiger partial charge in [0.15, 0.2) is 0 Å². The van der Waals surface area contributed by atoms with E-state index < -0.39 is 23.5 Å². The number of esters is 1. The van der Waals surface area contributed by atoms with Gasteiger partial charge in [-0.05, 0) is 51.7 Å². The fourth-order valence-corrected chi connectivity index (χ4v) is 3.52. The Hall–Kier alpha value is -2.24.